The molecule has 2 unspecified atom stereocenters. The second-order valence-corrected chi connectivity index (χ2v) is 5.45. The molecule has 2 atom stereocenters. The summed E-state index contributed by atoms with van der Waals surface area (Å²) >= 11 is 0. The highest BCUT2D eigenvalue weighted by Crippen LogP contribution is 2.23. The van der Waals surface area contributed by atoms with Crippen LogP contribution in [0.4, 0.5) is 0 Å². The Morgan fingerprint density at radius 1 is 1.50 bits per heavy atom. The number of hydrogen-bond donors (Lipinski definition) is 2. The van der Waals surface area contributed by atoms with Crippen molar-refractivity contribution < 1.29 is 4.79 Å². The van der Waals surface area contributed by atoms with Crippen LogP contribution in [0.3, 0.4) is 0 Å². The Labute approximate surface area is 108 Å². The zero-order chi connectivity index (χ0) is 13.3. The van der Waals surface area contributed by atoms with E-state index in [0.29, 0.717) is 12.0 Å². The number of rotatable bonds is 5. The number of imidazole rings is 1. The molecule has 3 N–H and O–H groups in total. The van der Waals surface area contributed by atoms with E-state index in [0.717, 1.165) is 18.5 Å². The normalized spacial score (nSPS) is 18.7. The number of carbonyl (C=O) groups is 1. The number of nitrogens with zero attached hydrogens (tertiary/aromatic N) is 2. The van der Waals surface area contributed by atoms with E-state index in [2.05, 4.69) is 24.1 Å². The first-order valence-corrected chi connectivity index (χ1v) is 6.58. The summed E-state index contributed by atoms with van der Waals surface area (Å²) in [6.07, 6.45) is 5.64. The zero-order valence-corrected chi connectivity index (χ0v) is 11.3. The maximum atomic E-state index is 12.0. The van der Waals surface area contributed by atoms with Crippen molar-refractivity contribution in [3.05, 3.63) is 18.2 Å². The van der Waals surface area contributed by atoms with E-state index in [1.165, 1.54) is 0 Å². The van der Waals surface area contributed by atoms with Crippen molar-refractivity contribution in [3.8, 4) is 0 Å². The lowest BCUT2D eigenvalue weighted by Gasteiger charge is -2.21. The average Bonchev–Trinajstić information content (AvgIpc) is 3.01. The van der Waals surface area contributed by atoms with Gasteiger partial charge in [0, 0.05) is 18.3 Å². The van der Waals surface area contributed by atoms with Gasteiger partial charge in [-0.05, 0) is 25.7 Å². The first-order valence-electron chi connectivity index (χ1n) is 6.58. The van der Waals surface area contributed by atoms with Gasteiger partial charge in [-0.15, -0.1) is 0 Å². The van der Waals surface area contributed by atoms with Gasteiger partial charge in [0.05, 0.1) is 12.0 Å². The third kappa shape index (κ3) is 2.72. The highest BCUT2D eigenvalue weighted by molar-refractivity contribution is 5.80. The fraction of sp³-hybridized carbons (Fsp3) is 0.692. The number of amides is 1. The topological polar surface area (TPSA) is 72.9 Å². The molecule has 0 saturated heterocycles. The van der Waals surface area contributed by atoms with E-state index in [1.54, 1.807) is 12.5 Å². The van der Waals surface area contributed by atoms with E-state index in [1.807, 2.05) is 11.5 Å². The molecule has 0 aliphatic heterocycles. The van der Waals surface area contributed by atoms with Gasteiger partial charge in [0.1, 0.15) is 6.04 Å². The van der Waals surface area contributed by atoms with Crippen molar-refractivity contribution in [2.24, 2.45) is 11.7 Å². The van der Waals surface area contributed by atoms with Gasteiger partial charge in [-0.3, -0.25) is 4.79 Å². The second-order valence-electron chi connectivity index (χ2n) is 5.45. The van der Waals surface area contributed by atoms with Crippen molar-refractivity contribution in [1.29, 1.82) is 0 Å². The molecule has 1 amide bonds. The van der Waals surface area contributed by atoms with Gasteiger partial charge in [0.2, 0.25) is 5.91 Å². The van der Waals surface area contributed by atoms with Gasteiger partial charge in [-0.2, -0.15) is 0 Å². The van der Waals surface area contributed by atoms with E-state index >= 15 is 0 Å². The van der Waals surface area contributed by atoms with Crippen molar-refractivity contribution in [2.75, 3.05) is 0 Å². The minimum absolute atomic E-state index is 0.0488. The van der Waals surface area contributed by atoms with Crippen molar-refractivity contribution in [3.63, 3.8) is 0 Å². The van der Waals surface area contributed by atoms with Gasteiger partial charge < -0.3 is 15.6 Å². The molecule has 1 aromatic heterocycles. The minimum Gasteiger partial charge on any atom is -0.352 e. The Kier molecular flexibility index (Phi) is 3.71. The monoisotopic (exact) mass is 250 g/mol. The number of hydrogen-bond acceptors (Lipinski definition) is 3. The average molecular weight is 250 g/mol. The predicted molar refractivity (Wildman–Crippen MR) is 69.9 cm³/mol. The molecule has 0 aromatic carbocycles. The summed E-state index contributed by atoms with van der Waals surface area (Å²) in [4.78, 5) is 16.2. The van der Waals surface area contributed by atoms with E-state index < -0.39 is 0 Å². The number of aromatic nitrogens is 2. The van der Waals surface area contributed by atoms with E-state index in [4.69, 9.17) is 5.73 Å². The van der Waals surface area contributed by atoms with Crippen LogP contribution in [0.2, 0.25) is 0 Å². The van der Waals surface area contributed by atoms with Gasteiger partial charge >= 0.3 is 0 Å². The van der Waals surface area contributed by atoms with E-state index in [9.17, 15) is 4.79 Å². The Balaban J connectivity index is 2.11. The van der Waals surface area contributed by atoms with Crippen LogP contribution in [-0.2, 0) is 4.79 Å². The molecule has 0 bridgehead atoms. The summed E-state index contributed by atoms with van der Waals surface area (Å²) in [5.41, 5.74) is 7.06. The van der Waals surface area contributed by atoms with Gasteiger partial charge in [0.25, 0.3) is 0 Å². The Morgan fingerprint density at radius 3 is 2.72 bits per heavy atom. The lowest BCUT2D eigenvalue weighted by molar-refractivity contribution is -0.124. The van der Waals surface area contributed by atoms with Crippen LogP contribution in [0.25, 0.3) is 0 Å². The van der Waals surface area contributed by atoms with Crippen molar-refractivity contribution in [1.82, 2.24) is 14.9 Å². The summed E-state index contributed by atoms with van der Waals surface area (Å²) in [5.74, 6) is 0.367. The predicted octanol–water partition coefficient (Wildman–Crippen LogP) is 1.38. The molecule has 1 saturated carbocycles. The van der Waals surface area contributed by atoms with Gasteiger partial charge in [0.15, 0.2) is 0 Å². The molecule has 18 heavy (non-hydrogen) atoms. The Morgan fingerprint density at radius 2 is 2.17 bits per heavy atom. The van der Waals surface area contributed by atoms with Gasteiger partial charge in [-0.1, -0.05) is 13.8 Å². The summed E-state index contributed by atoms with van der Waals surface area (Å²) < 4.78 is 1.88. The minimum atomic E-state index is -0.257. The van der Waals surface area contributed by atoms with Crippen LogP contribution >= 0.6 is 0 Å². The molecular formula is C13H22N4O. The maximum Gasteiger partial charge on any atom is 0.243 e. The molecule has 1 aliphatic carbocycles. The lowest BCUT2D eigenvalue weighted by Crippen LogP contribution is -2.34. The van der Waals surface area contributed by atoms with Crippen molar-refractivity contribution in [2.45, 2.75) is 51.7 Å². The second kappa shape index (κ2) is 5.10. The number of carbonyl (C=O) groups excluding carboxylic acids is 1. The molecule has 100 valence electrons. The largest absolute Gasteiger partial charge is 0.352 e. The molecule has 0 radical (unpaired) electrons. The molecule has 5 heteroatoms. The van der Waals surface area contributed by atoms with Gasteiger partial charge in [-0.25, -0.2) is 4.98 Å². The summed E-state index contributed by atoms with van der Waals surface area (Å²) in [5, 5.41) is 3.01. The molecular weight excluding hydrogens is 228 g/mol. The van der Waals surface area contributed by atoms with Crippen LogP contribution in [0.1, 0.15) is 51.4 Å². The van der Waals surface area contributed by atoms with Crippen LogP contribution in [0.15, 0.2) is 12.5 Å². The fourth-order valence-electron chi connectivity index (χ4n) is 1.91. The highest BCUT2D eigenvalue weighted by atomic mass is 16.2. The third-order valence-electron chi connectivity index (χ3n) is 3.48. The van der Waals surface area contributed by atoms with Crippen LogP contribution < -0.4 is 11.1 Å². The summed E-state index contributed by atoms with van der Waals surface area (Å²) in [6.45, 7) is 6.02. The molecule has 1 fully saturated rings. The van der Waals surface area contributed by atoms with Crippen LogP contribution in [0.5, 0.6) is 0 Å². The summed E-state index contributed by atoms with van der Waals surface area (Å²) in [7, 11) is 0. The summed E-state index contributed by atoms with van der Waals surface area (Å²) in [6, 6.07) is 0.0299. The third-order valence-corrected chi connectivity index (χ3v) is 3.48. The quantitative estimate of drug-likeness (QED) is 0.829. The molecule has 2 rings (SSSR count). The molecule has 5 nitrogen and oxygen atoms in total. The first-order chi connectivity index (χ1) is 8.50. The highest BCUT2D eigenvalue weighted by Gasteiger charge is 2.27. The smallest absolute Gasteiger partial charge is 0.243 e. The zero-order valence-electron chi connectivity index (χ0n) is 11.3. The standard InChI is InChI=1S/C13H22N4O/c1-8(2)12(14)11-6-15-7-17(11)9(3)13(18)16-10-4-5-10/h6-10,12H,4-5,14H2,1-3H3,(H,16,18). The SMILES string of the molecule is CC(C)C(N)c1cncn1C(C)C(=O)NC1CC1. The van der Waals surface area contributed by atoms with E-state index in [-0.39, 0.29) is 18.0 Å². The number of nitrogens with two attached hydrogens (primary N) is 1. The van der Waals surface area contributed by atoms with Crippen LogP contribution in [0, 0.1) is 5.92 Å². The first kappa shape index (κ1) is 13.1. The maximum absolute atomic E-state index is 12.0. The lowest BCUT2D eigenvalue weighted by atomic mass is 10.0. The van der Waals surface area contributed by atoms with Crippen LogP contribution in [-0.4, -0.2) is 21.5 Å². The molecule has 1 aromatic rings. The van der Waals surface area contributed by atoms with Crippen molar-refractivity contribution >= 4 is 5.91 Å². The fourth-order valence-corrected chi connectivity index (χ4v) is 1.91. The molecule has 0 spiro atoms. The Bertz CT molecular complexity index is 422. The Hall–Kier alpha value is -1.36. The molecule has 1 aliphatic rings. The number of nitrogens with one attached hydrogen (secondary N) is 1. The molecule has 1 heterocycles.